The number of hydrogen-bond acceptors (Lipinski definition) is 3. The first-order valence-corrected chi connectivity index (χ1v) is 7.61. The van der Waals surface area contributed by atoms with Gasteiger partial charge in [0.15, 0.2) is 5.82 Å². The average Bonchev–Trinajstić information content (AvgIpc) is 2.42. The third kappa shape index (κ3) is 3.08. The van der Waals surface area contributed by atoms with Gasteiger partial charge in [-0.15, -0.1) is 0 Å². The fourth-order valence-electron chi connectivity index (χ4n) is 1.63. The molecule has 21 heavy (non-hydrogen) atoms. The second kappa shape index (κ2) is 5.50. The highest BCUT2D eigenvalue weighted by Crippen LogP contribution is 2.27. The van der Waals surface area contributed by atoms with Crippen LogP contribution in [0.5, 0.6) is 0 Å². The molecule has 0 bridgehead atoms. The fraction of sp³-hybridized carbons (Fsp3) is 0.0769. The lowest BCUT2D eigenvalue weighted by Gasteiger charge is -2.11. The van der Waals surface area contributed by atoms with Crippen LogP contribution in [-0.2, 0) is 10.0 Å². The summed E-state index contributed by atoms with van der Waals surface area (Å²) in [6.07, 6.45) is 0. The Morgan fingerprint density at radius 2 is 1.86 bits per heavy atom. The molecule has 2 rings (SSSR count). The van der Waals surface area contributed by atoms with Crippen molar-refractivity contribution in [3.05, 3.63) is 52.6 Å². The maximum atomic E-state index is 13.8. The summed E-state index contributed by atoms with van der Waals surface area (Å²) in [7, 11) is -4.18. The van der Waals surface area contributed by atoms with Crippen LogP contribution >= 0.6 is 11.6 Å². The van der Waals surface area contributed by atoms with Gasteiger partial charge in [0.2, 0.25) is 0 Å². The van der Waals surface area contributed by atoms with Gasteiger partial charge < -0.3 is 5.73 Å². The smallest absolute Gasteiger partial charge is 0.262 e. The lowest BCUT2D eigenvalue weighted by atomic mass is 10.2. The Morgan fingerprint density at radius 3 is 2.48 bits per heavy atom. The van der Waals surface area contributed by atoms with Crippen LogP contribution in [0.2, 0.25) is 5.02 Å². The number of anilines is 2. The zero-order chi connectivity index (χ0) is 15.8. The molecule has 0 fully saturated rings. The number of nitrogens with one attached hydrogen (secondary N) is 1. The average molecular weight is 333 g/mol. The summed E-state index contributed by atoms with van der Waals surface area (Å²) in [5.41, 5.74) is 4.95. The van der Waals surface area contributed by atoms with E-state index in [1.165, 1.54) is 25.1 Å². The second-order valence-corrected chi connectivity index (χ2v) is 6.43. The number of benzene rings is 2. The van der Waals surface area contributed by atoms with Gasteiger partial charge in [-0.3, -0.25) is 4.72 Å². The summed E-state index contributed by atoms with van der Waals surface area (Å²) in [6, 6.07) is 5.77. The van der Waals surface area contributed by atoms with Crippen molar-refractivity contribution in [1.82, 2.24) is 0 Å². The van der Waals surface area contributed by atoms with Crippen molar-refractivity contribution < 1.29 is 17.2 Å². The molecule has 0 unspecified atom stereocenters. The number of aryl methyl sites for hydroxylation is 1. The quantitative estimate of drug-likeness (QED) is 0.847. The SMILES string of the molecule is Cc1ccc(F)c(NS(=O)(=O)c2ccc(Cl)c(N)c2)c1F. The Balaban J connectivity index is 2.47. The molecule has 0 atom stereocenters. The molecule has 2 aromatic carbocycles. The van der Waals surface area contributed by atoms with Crippen LogP contribution < -0.4 is 10.5 Å². The van der Waals surface area contributed by atoms with E-state index in [2.05, 4.69) is 0 Å². The molecule has 0 aliphatic carbocycles. The Labute approximate surface area is 125 Å². The molecule has 0 aromatic heterocycles. The highest BCUT2D eigenvalue weighted by atomic mass is 35.5. The number of halogens is 3. The summed E-state index contributed by atoms with van der Waals surface area (Å²) in [5.74, 6) is -1.98. The standard InChI is InChI=1S/C13H11ClF2N2O2S/c1-7-2-5-10(15)13(12(7)16)18-21(19,20)8-3-4-9(14)11(17)6-8/h2-6,18H,17H2,1H3. The predicted molar refractivity (Wildman–Crippen MR) is 77.8 cm³/mol. The summed E-state index contributed by atoms with van der Waals surface area (Å²) < 4.78 is 53.6. The van der Waals surface area contributed by atoms with E-state index in [4.69, 9.17) is 17.3 Å². The summed E-state index contributed by atoms with van der Waals surface area (Å²) in [6.45, 7) is 1.40. The Hall–Kier alpha value is -1.86. The van der Waals surface area contributed by atoms with Crippen LogP contribution in [0, 0.1) is 18.6 Å². The normalized spacial score (nSPS) is 11.4. The molecule has 0 heterocycles. The van der Waals surface area contributed by atoms with Crippen LogP contribution in [0.15, 0.2) is 35.2 Å². The van der Waals surface area contributed by atoms with E-state index in [1.54, 1.807) is 0 Å². The number of hydrogen-bond donors (Lipinski definition) is 2. The fourth-order valence-corrected chi connectivity index (χ4v) is 2.85. The minimum absolute atomic E-state index is 0.0460. The molecule has 0 radical (unpaired) electrons. The second-order valence-electron chi connectivity index (χ2n) is 4.34. The van der Waals surface area contributed by atoms with E-state index in [9.17, 15) is 17.2 Å². The molecule has 0 saturated heterocycles. The van der Waals surface area contributed by atoms with E-state index in [-0.39, 0.29) is 21.2 Å². The molecule has 0 spiro atoms. The topological polar surface area (TPSA) is 72.2 Å². The third-order valence-electron chi connectivity index (χ3n) is 2.80. The lowest BCUT2D eigenvalue weighted by molar-refractivity contribution is 0.579. The summed E-state index contributed by atoms with van der Waals surface area (Å²) in [4.78, 5) is -0.246. The van der Waals surface area contributed by atoms with E-state index < -0.39 is 27.3 Å². The number of nitrogens with two attached hydrogens (primary N) is 1. The molecule has 4 nitrogen and oxygen atoms in total. The molecular weight excluding hydrogens is 322 g/mol. The molecule has 8 heteroatoms. The molecule has 2 aromatic rings. The maximum Gasteiger partial charge on any atom is 0.262 e. The van der Waals surface area contributed by atoms with Crippen molar-refractivity contribution in [2.75, 3.05) is 10.5 Å². The predicted octanol–water partition coefficient (Wildman–Crippen LogP) is 3.31. The van der Waals surface area contributed by atoms with Gasteiger partial charge in [-0.1, -0.05) is 17.7 Å². The van der Waals surface area contributed by atoms with Gasteiger partial charge in [-0.2, -0.15) is 0 Å². The van der Waals surface area contributed by atoms with Crippen molar-refractivity contribution in [3.8, 4) is 0 Å². The van der Waals surface area contributed by atoms with Crippen molar-refractivity contribution in [3.63, 3.8) is 0 Å². The van der Waals surface area contributed by atoms with Crippen LogP contribution in [0.4, 0.5) is 20.2 Å². The van der Waals surface area contributed by atoms with Crippen LogP contribution in [0.25, 0.3) is 0 Å². The Morgan fingerprint density at radius 1 is 1.19 bits per heavy atom. The molecule has 0 saturated carbocycles. The van der Waals surface area contributed by atoms with Gasteiger partial charge in [0, 0.05) is 0 Å². The van der Waals surface area contributed by atoms with E-state index in [0.29, 0.717) is 0 Å². The number of rotatable bonds is 3. The van der Waals surface area contributed by atoms with Crippen molar-refractivity contribution in [2.24, 2.45) is 0 Å². The zero-order valence-corrected chi connectivity index (χ0v) is 12.4. The summed E-state index contributed by atoms with van der Waals surface area (Å²) >= 11 is 5.70. The molecule has 0 amide bonds. The minimum Gasteiger partial charge on any atom is -0.397 e. The van der Waals surface area contributed by atoms with E-state index >= 15 is 0 Å². The highest BCUT2D eigenvalue weighted by Gasteiger charge is 2.20. The molecular formula is C13H11ClF2N2O2S. The third-order valence-corrected chi connectivity index (χ3v) is 4.49. The van der Waals surface area contributed by atoms with Crippen LogP contribution in [0.1, 0.15) is 5.56 Å². The lowest BCUT2D eigenvalue weighted by Crippen LogP contribution is -2.16. The number of nitrogen functional groups attached to an aromatic ring is 1. The highest BCUT2D eigenvalue weighted by molar-refractivity contribution is 7.92. The largest absolute Gasteiger partial charge is 0.397 e. The van der Waals surface area contributed by atoms with Gasteiger partial charge in [0.1, 0.15) is 11.5 Å². The maximum absolute atomic E-state index is 13.8. The molecule has 0 aliphatic heterocycles. The van der Waals surface area contributed by atoms with Gasteiger partial charge >= 0.3 is 0 Å². The van der Waals surface area contributed by atoms with Crippen molar-refractivity contribution in [1.29, 1.82) is 0 Å². The minimum atomic E-state index is -4.18. The molecule has 0 aliphatic rings. The zero-order valence-electron chi connectivity index (χ0n) is 10.8. The van der Waals surface area contributed by atoms with Crippen molar-refractivity contribution >= 4 is 33.0 Å². The van der Waals surface area contributed by atoms with Crippen LogP contribution in [-0.4, -0.2) is 8.42 Å². The first kappa shape index (κ1) is 15.5. The van der Waals surface area contributed by atoms with E-state index in [0.717, 1.165) is 12.1 Å². The van der Waals surface area contributed by atoms with Gasteiger partial charge in [-0.05, 0) is 36.8 Å². The van der Waals surface area contributed by atoms with Gasteiger partial charge in [0.25, 0.3) is 10.0 Å². The monoisotopic (exact) mass is 332 g/mol. The van der Waals surface area contributed by atoms with Gasteiger partial charge in [0.05, 0.1) is 15.6 Å². The van der Waals surface area contributed by atoms with Crippen LogP contribution in [0.3, 0.4) is 0 Å². The Bertz CT molecular complexity index is 810. The summed E-state index contributed by atoms with van der Waals surface area (Å²) in [5, 5.41) is 0.182. The first-order valence-electron chi connectivity index (χ1n) is 5.75. The first-order chi connectivity index (χ1) is 9.72. The molecule has 3 N–H and O–H groups in total. The Kier molecular flexibility index (Phi) is 4.06. The van der Waals surface area contributed by atoms with E-state index in [1.807, 2.05) is 4.72 Å². The molecule has 112 valence electrons. The van der Waals surface area contributed by atoms with Gasteiger partial charge in [-0.25, -0.2) is 17.2 Å². The number of sulfonamides is 1. The van der Waals surface area contributed by atoms with Crippen molar-refractivity contribution in [2.45, 2.75) is 11.8 Å².